The molecule has 0 bridgehead atoms. The van der Waals surface area contributed by atoms with E-state index in [2.05, 4.69) is 10.3 Å². The van der Waals surface area contributed by atoms with Crippen molar-refractivity contribution in [2.24, 2.45) is 0 Å². The SMILES string of the molecule is O=C(Nc1ccccc1Cl)c1csc2nc(-c3ccccc3)cn12. The van der Waals surface area contributed by atoms with Crippen molar-refractivity contribution >= 4 is 39.5 Å². The van der Waals surface area contributed by atoms with E-state index in [0.29, 0.717) is 16.4 Å². The largest absolute Gasteiger partial charge is 0.319 e. The molecule has 0 aliphatic rings. The first-order valence-electron chi connectivity index (χ1n) is 7.30. The molecule has 4 nitrogen and oxygen atoms in total. The average molecular weight is 354 g/mol. The van der Waals surface area contributed by atoms with E-state index in [1.165, 1.54) is 11.3 Å². The summed E-state index contributed by atoms with van der Waals surface area (Å²) >= 11 is 7.53. The summed E-state index contributed by atoms with van der Waals surface area (Å²) in [6, 6.07) is 17.0. The molecule has 0 unspecified atom stereocenters. The van der Waals surface area contributed by atoms with E-state index in [0.717, 1.165) is 16.2 Å². The lowest BCUT2D eigenvalue weighted by molar-refractivity contribution is 0.102. The average Bonchev–Trinajstić information content (AvgIpc) is 3.18. The van der Waals surface area contributed by atoms with Crippen LogP contribution in [0.2, 0.25) is 5.02 Å². The number of hydrogen-bond donors (Lipinski definition) is 1. The number of fused-ring (bicyclic) bond motifs is 1. The highest BCUT2D eigenvalue weighted by Crippen LogP contribution is 2.25. The highest BCUT2D eigenvalue weighted by atomic mass is 35.5. The Labute approximate surface area is 147 Å². The summed E-state index contributed by atoms with van der Waals surface area (Å²) in [5.74, 6) is -0.216. The van der Waals surface area contributed by atoms with Crippen molar-refractivity contribution in [2.45, 2.75) is 0 Å². The molecule has 24 heavy (non-hydrogen) atoms. The number of nitrogens with one attached hydrogen (secondary N) is 1. The lowest BCUT2D eigenvalue weighted by atomic mass is 10.2. The van der Waals surface area contributed by atoms with Crippen molar-refractivity contribution in [3.05, 3.63) is 76.9 Å². The number of aromatic nitrogens is 2. The maximum atomic E-state index is 12.6. The number of benzene rings is 2. The Morgan fingerprint density at radius 3 is 2.62 bits per heavy atom. The number of hydrogen-bond acceptors (Lipinski definition) is 3. The van der Waals surface area contributed by atoms with E-state index in [1.807, 2.05) is 48.7 Å². The number of carbonyl (C=O) groups excluding carboxylic acids is 1. The molecule has 6 heteroatoms. The fourth-order valence-corrected chi connectivity index (χ4v) is 3.48. The van der Waals surface area contributed by atoms with Crippen LogP contribution in [0.4, 0.5) is 5.69 Å². The quantitative estimate of drug-likeness (QED) is 0.565. The highest BCUT2D eigenvalue weighted by molar-refractivity contribution is 7.15. The number of halogens is 1. The second-order valence-electron chi connectivity index (χ2n) is 5.20. The van der Waals surface area contributed by atoms with E-state index in [9.17, 15) is 4.79 Å². The third-order valence-electron chi connectivity index (χ3n) is 3.63. The van der Waals surface area contributed by atoms with Gasteiger partial charge in [-0.05, 0) is 12.1 Å². The molecule has 0 fully saturated rings. The van der Waals surface area contributed by atoms with Crippen molar-refractivity contribution in [2.75, 3.05) is 5.32 Å². The van der Waals surface area contributed by atoms with Crippen LogP contribution >= 0.6 is 22.9 Å². The molecule has 0 aliphatic heterocycles. The Kier molecular flexibility index (Phi) is 3.80. The molecule has 0 aliphatic carbocycles. The number of para-hydroxylation sites is 1. The predicted molar refractivity (Wildman–Crippen MR) is 97.9 cm³/mol. The van der Waals surface area contributed by atoms with Crippen LogP contribution in [0.15, 0.2) is 66.2 Å². The van der Waals surface area contributed by atoms with Gasteiger partial charge in [0, 0.05) is 17.1 Å². The smallest absolute Gasteiger partial charge is 0.273 e. The van der Waals surface area contributed by atoms with Gasteiger partial charge in [0.15, 0.2) is 4.96 Å². The van der Waals surface area contributed by atoms with Gasteiger partial charge in [-0.1, -0.05) is 54.1 Å². The molecule has 4 rings (SSSR count). The fraction of sp³-hybridized carbons (Fsp3) is 0. The van der Waals surface area contributed by atoms with Gasteiger partial charge in [-0.25, -0.2) is 4.98 Å². The molecule has 118 valence electrons. The van der Waals surface area contributed by atoms with E-state index in [4.69, 9.17) is 11.6 Å². The Balaban J connectivity index is 1.68. The molecule has 0 spiro atoms. The molecule has 2 aromatic heterocycles. The molecule has 1 N–H and O–H groups in total. The number of anilines is 1. The van der Waals surface area contributed by atoms with Crippen LogP contribution in [0, 0.1) is 0 Å². The zero-order valence-electron chi connectivity index (χ0n) is 12.4. The minimum absolute atomic E-state index is 0.216. The van der Waals surface area contributed by atoms with Crippen molar-refractivity contribution in [3.8, 4) is 11.3 Å². The summed E-state index contributed by atoms with van der Waals surface area (Å²) < 4.78 is 1.80. The molecule has 1 amide bonds. The van der Waals surface area contributed by atoms with Crippen LogP contribution in [0.5, 0.6) is 0 Å². The number of carbonyl (C=O) groups is 1. The number of imidazole rings is 1. The summed E-state index contributed by atoms with van der Waals surface area (Å²) in [6.45, 7) is 0. The van der Waals surface area contributed by atoms with Gasteiger partial charge in [0.25, 0.3) is 5.91 Å². The lowest BCUT2D eigenvalue weighted by Gasteiger charge is -2.05. The third kappa shape index (κ3) is 2.68. The summed E-state index contributed by atoms with van der Waals surface area (Å²) in [4.78, 5) is 17.9. The molecule has 4 aromatic rings. The zero-order chi connectivity index (χ0) is 16.5. The van der Waals surface area contributed by atoms with Crippen molar-refractivity contribution in [1.29, 1.82) is 0 Å². The summed E-state index contributed by atoms with van der Waals surface area (Å²) in [7, 11) is 0. The first-order chi connectivity index (χ1) is 11.7. The van der Waals surface area contributed by atoms with Crippen LogP contribution in [0.25, 0.3) is 16.2 Å². The molecule has 2 aromatic carbocycles. The van der Waals surface area contributed by atoms with Gasteiger partial charge in [0.1, 0.15) is 5.69 Å². The molecule has 0 atom stereocenters. The number of thiazole rings is 1. The van der Waals surface area contributed by atoms with Crippen LogP contribution in [-0.2, 0) is 0 Å². The molecule has 0 saturated heterocycles. The van der Waals surface area contributed by atoms with Crippen LogP contribution < -0.4 is 5.32 Å². The maximum Gasteiger partial charge on any atom is 0.273 e. The molecule has 0 saturated carbocycles. The summed E-state index contributed by atoms with van der Waals surface area (Å²) in [6.07, 6.45) is 1.88. The Morgan fingerprint density at radius 1 is 1.08 bits per heavy atom. The van der Waals surface area contributed by atoms with Crippen molar-refractivity contribution in [1.82, 2.24) is 9.38 Å². The van der Waals surface area contributed by atoms with Gasteiger partial charge < -0.3 is 5.32 Å². The second kappa shape index (κ2) is 6.11. The van der Waals surface area contributed by atoms with E-state index in [1.54, 1.807) is 21.9 Å². The van der Waals surface area contributed by atoms with Crippen molar-refractivity contribution in [3.63, 3.8) is 0 Å². The molecular weight excluding hydrogens is 342 g/mol. The highest BCUT2D eigenvalue weighted by Gasteiger charge is 2.16. The van der Waals surface area contributed by atoms with Crippen molar-refractivity contribution < 1.29 is 4.79 Å². The van der Waals surface area contributed by atoms with E-state index < -0.39 is 0 Å². The first kappa shape index (κ1) is 14.9. The summed E-state index contributed by atoms with van der Waals surface area (Å²) in [5, 5.41) is 5.14. The summed E-state index contributed by atoms with van der Waals surface area (Å²) in [5.41, 5.74) is 2.98. The molecule has 0 radical (unpaired) electrons. The van der Waals surface area contributed by atoms with Gasteiger partial charge in [-0.3, -0.25) is 9.20 Å². The van der Waals surface area contributed by atoms with E-state index >= 15 is 0 Å². The van der Waals surface area contributed by atoms with Gasteiger partial charge in [0.05, 0.1) is 16.4 Å². The topological polar surface area (TPSA) is 46.4 Å². The number of nitrogens with zero attached hydrogens (tertiary/aromatic N) is 2. The predicted octanol–water partition coefficient (Wildman–Crippen LogP) is 4.97. The zero-order valence-corrected chi connectivity index (χ0v) is 14.0. The standard InChI is InChI=1S/C18H12ClN3OS/c19-13-8-4-5-9-14(13)20-17(23)16-11-24-18-21-15(10-22(16)18)12-6-2-1-3-7-12/h1-11H,(H,20,23). The number of rotatable bonds is 3. The molecular formula is C18H12ClN3OS. The minimum Gasteiger partial charge on any atom is -0.319 e. The minimum atomic E-state index is -0.216. The van der Waals surface area contributed by atoms with E-state index in [-0.39, 0.29) is 5.91 Å². The monoisotopic (exact) mass is 353 g/mol. The fourth-order valence-electron chi connectivity index (χ4n) is 2.44. The maximum absolute atomic E-state index is 12.6. The van der Waals surface area contributed by atoms with Crippen LogP contribution in [0.1, 0.15) is 10.5 Å². The number of amides is 1. The third-order valence-corrected chi connectivity index (χ3v) is 4.80. The first-order valence-corrected chi connectivity index (χ1v) is 8.56. The van der Waals surface area contributed by atoms with Gasteiger partial charge in [0.2, 0.25) is 0 Å². The Morgan fingerprint density at radius 2 is 1.83 bits per heavy atom. The van der Waals surface area contributed by atoms with Gasteiger partial charge in [-0.2, -0.15) is 0 Å². The molecule has 2 heterocycles. The Bertz CT molecular complexity index is 1020. The lowest BCUT2D eigenvalue weighted by Crippen LogP contribution is -2.14. The van der Waals surface area contributed by atoms with Crippen LogP contribution in [-0.4, -0.2) is 15.3 Å². The Hall–Kier alpha value is -2.63. The van der Waals surface area contributed by atoms with Gasteiger partial charge in [-0.15, -0.1) is 11.3 Å². The second-order valence-corrected chi connectivity index (χ2v) is 6.44. The van der Waals surface area contributed by atoms with Crippen LogP contribution in [0.3, 0.4) is 0 Å². The normalized spacial score (nSPS) is 10.9. The van der Waals surface area contributed by atoms with Gasteiger partial charge >= 0.3 is 0 Å².